The summed E-state index contributed by atoms with van der Waals surface area (Å²) < 4.78 is 4.67. The second-order valence-electron chi connectivity index (χ2n) is 5.12. The predicted octanol–water partition coefficient (Wildman–Crippen LogP) is 3.38. The second-order valence-corrected chi connectivity index (χ2v) is 5.12. The number of carbonyl (C=O) groups is 2. The number of cyclic esters (lactones) is 2. The van der Waals surface area contributed by atoms with Crippen LogP contribution < -0.4 is 0 Å². The zero-order chi connectivity index (χ0) is 13.9. The van der Waals surface area contributed by atoms with Crippen LogP contribution in [0.3, 0.4) is 0 Å². The van der Waals surface area contributed by atoms with Crippen LogP contribution >= 0.6 is 0 Å². The smallest absolute Gasteiger partial charge is 0.346 e. The van der Waals surface area contributed by atoms with Crippen LogP contribution in [0, 0.1) is 27.7 Å². The number of rotatable bonds is 0. The number of hydrogen-bond acceptors (Lipinski definition) is 3. The highest BCUT2D eigenvalue weighted by Crippen LogP contribution is 2.33. The van der Waals surface area contributed by atoms with Gasteiger partial charge < -0.3 is 4.74 Å². The molecule has 19 heavy (non-hydrogen) atoms. The largest absolute Gasteiger partial charge is 0.386 e. The van der Waals surface area contributed by atoms with Crippen LogP contribution in [-0.4, -0.2) is 11.9 Å². The van der Waals surface area contributed by atoms with Crippen LogP contribution in [-0.2, 0) is 4.74 Å². The third-order valence-corrected chi connectivity index (χ3v) is 4.28. The SMILES string of the molecule is Cc1c(C)c(C)c2cc3c(cc2c1C)C(=O)OC3=O. The Morgan fingerprint density at radius 3 is 1.42 bits per heavy atom. The Bertz CT molecular complexity index is 705. The van der Waals surface area contributed by atoms with Gasteiger partial charge >= 0.3 is 11.9 Å². The Kier molecular flexibility index (Phi) is 2.30. The summed E-state index contributed by atoms with van der Waals surface area (Å²) in [5, 5.41) is 2.04. The standard InChI is InChI=1S/C16H14O3/c1-7-8(2)10(4)12-6-14-13(5-11(12)9(7)3)15(17)19-16(14)18/h5-6H,1-4H3. The summed E-state index contributed by atoms with van der Waals surface area (Å²) in [5.74, 6) is -1.09. The maximum absolute atomic E-state index is 11.6. The normalized spacial score (nSPS) is 13.9. The summed E-state index contributed by atoms with van der Waals surface area (Å²) in [7, 11) is 0. The summed E-state index contributed by atoms with van der Waals surface area (Å²) in [6.45, 7) is 8.23. The summed E-state index contributed by atoms with van der Waals surface area (Å²) in [4.78, 5) is 23.2. The van der Waals surface area contributed by atoms with E-state index in [1.165, 1.54) is 11.1 Å². The molecule has 0 bridgehead atoms. The Balaban J connectivity index is 2.51. The lowest BCUT2D eigenvalue weighted by molar-refractivity contribution is 0.0444. The monoisotopic (exact) mass is 254 g/mol. The van der Waals surface area contributed by atoms with E-state index >= 15 is 0 Å². The average molecular weight is 254 g/mol. The minimum atomic E-state index is -0.544. The molecule has 0 radical (unpaired) electrons. The van der Waals surface area contributed by atoms with Crippen molar-refractivity contribution in [2.45, 2.75) is 27.7 Å². The van der Waals surface area contributed by atoms with Gasteiger partial charge in [0.1, 0.15) is 0 Å². The van der Waals surface area contributed by atoms with Crippen LogP contribution in [0.2, 0.25) is 0 Å². The lowest BCUT2D eigenvalue weighted by atomic mass is 9.89. The fourth-order valence-corrected chi connectivity index (χ4v) is 2.72. The van der Waals surface area contributed by atoms with Gasteiger partial charge in [0.05, 0.1) is 11.1 Å². The summed E-state index contributed by atoms with van der Waals surface area (Å²) in [6.07, 6.45) is 0. The Labute approximate surface area is 111 Å². The molecule has 0 spiro atoms. The number of aryl methyl sites for hydroxylation is 2. The number of fused-ring (bicyclic) bond motifs is 2. The molecule has 1 aliphatic heterocycles. The fraction of sp³-hybridized carbons (Fsp3) is 0.250. The van der Waals surface area contributed by atoms with Crippen molar-refractivity contribution in [3.63, 3.8) is 0 Å². The van der Waals surface area contributed by atoms with E-state index in [1.807, 2.05) is 13.8 Å². The first-order valence-corrected chi connectivity index (χ1v) is 6.22. The first kappa shape index (κ1) is 11.9. The molecule has 0 saturated heterocycles. The number of hydrogen-bond donors (Lipinski definition) is 0. The van der Waals surface area contributed by atoms with Gasteiger partial charge in [-0.15, -0.1) is 0 Å². The van der Waals surface area contributed by atoms with Gasteiger partial charge in [-0.1, -0.05) is 0 Å². The van der Waals surface area contributed by atoms with Gasteiger partial charge in [-0.05, 0) is 72.9 Å². The van der Waals surface area contributed by atoms with E-state index in [-0.39, 0.29) is 0 Å². The molecule has 0 aromatic heterocycles. The first-order chi connectivity index (χ1) is 8.91. The van der Waals surface area contributed by atoms with Crippen molar-refractivity contribution in [1.82, 2.24) is 0 Å². The van der Waals surface area contributed by atoms with Crippen molar-refractivity contribution in [2.24, 2.45) is 0 Å². The lowest BCUT2D eigenvalue weighted by Gasteiger charge is -2.14. The maximum atomic E-state index is 11.6. The van der Waals surface area contributed by atoms with Gasteiger partial charge in [0.2, 0.25) is 0 Å². The molecule has 0 unspecified atom stereocenters. The van der Waals surface area contributed by atoms with Crippen molar-refractivity contribution >= 4 is 22.7 Å². The fourth-order valence-electron chi connectivity index (χ4n) is 2.72. The van der Waals surface area contributed by atoms with Crippen molar-refractivity contribution in [3.05, 3.63) is 45.5 Å². The van der Waals surface area contributed by atoms with Gasteiger partial charge in [0.15, 0.2) is 0 Å². The molecule has 2 aromatic rings. The molecule has 0 fully saturated rings. The van der Waals surface area contributed by atoms with Crippen LogP contribution in [0.25, 0.3) is 10.8 Å². The minimum absolute atomic E-state index is 0.378. The van der Waals surface area contributed by atoms with Crippen molar-refractivity contribution in [3.8, 4) is 0 Å². The van der Waals surface area contributed by atoms with Crippen LogP contribution in [0.15, 0.2) is 12.1 Å². The topological polar surface area (TPSA) is 43.4 Å². The predicted molar refractivity (Wildman–Crippen MR) is 72.6 cm³/mol. The van der Waals surface area contributed by atoms with E-state index in [9.17, 15) is 9.59 Å². The van der Waals surface area contributed by atoms with Crippen molar-refractivity contribution in [1.29, 1.82) is 0 Å². The van der Waals surface area contributed by atoms with Gasteiger partial charge in [0.25, 0.3) is 0 Å². The van der Waals surface area contributed by atoms with Gasteiger partial charge in [-0.2, -0.15) is 0 Å². The molecule has 2 aromatic carbocycles. The second kappa shape index (κ2) is 3.67. The molecule has 3 nitrogen and oxygen atoms in total. The molecule has 0 amide bonds. The molecule has 1 aliphatic rings. The Morgan fingerprint density at radius 2 is 1.05 bits per heavy atom. The molecule has 0 atom stereocenters. The summed E-state index contributed by atoms with van der Waals surface area (Å²) >= 11 is 0. The van der Waals surface area contributed by atoms with Gasteiger partial charge in [-0.25, -0.2) is 9.59 Å². The van der Waals surface area contributed by atoms with E-state index in [0.29, 0.717) is 11.1 Å². The molecular formula is C16H14O3. The molecule has 3 rings (SSSR count). The van der Waals surface area contributed by atoms with Crippen LogP contribution in [0.5, 0.6) is 0 Å². The third-order valence-electron chi connectivity index (χ3n) is 4.28. The number of esters is 2. The highest BCUT2D eigenvalue weighted by atomic mass is 16.6. The molecule has 3 heteroatoms. The Morgan fingerprint density at radius 1 is 0.684 bits per heavy atom. The number of carbonyl (C=O) groups excluding carboxylic acids is 2. The first-order valence-electron chi connectivity index (χ1n) is 6.22. The zero-order valence-corrected chi connectivity index (χ0v) is 11.4. The number of benzene rings is 2. The van der Waals surface area contributed by atoms with Crippen molar-refractivity contribution < 1.29 is 14.3 Å². The van der Waals surface area contributed by atoms with Crippen molar-refractivity contribution in [2.75, 3.05) is 0 Å². The van der Waals surface area contributed by atoms with Crippen LogP contribution in [0.4, 0.5) is 0 Å². The molecule has 0 aliphatic carbocycles. The zero-order valence-electron chi connectivity index (χ0n) is 11.4. The maximum Gasteiger partial charge on any atom is 0.346 e. The van der Waals surface area contributed by atoms with E-state index < -0.39 is 11.9 Å². The highest BCUT2D eigenvalue weighted by molar-refractivity contribution is 6.17. The van der Waals surface area contributed by atoms with E-state index in [0.717, 1.165) is 21.9 Å². The molecule has 0 saturated carbocycles. The molecular weight excluding hydrogens is 240 g/mol. The minimum Gasteiger partial charge on any atom is -0.386 e. The quantitative estimate of drug-likeness (QED) is 0.534. The lowest BCUT2D eigenvalue weighted by Crippen LogP contribution is -1.98. The Hall–Kier alpha value is -2.16. The van der Waals surface area contributed by atoms with Gasteiger partial charge in [-0.3, -0.25) is 0 Å². The summed E-state index contributed by atoms with van der Waals surface area (Å²) in [5.41, 5.74) is 5.50. The molecule has 1 heterocycles. The van der Waals surface area contributed by atoms with Gasteiger partial charge in [0, 0.05) is 0 Å². The number of ether oxygens (including phenoxy) is 1. The highest BCUT2D eigenvalue weighted by Gasteiger charge is 2.30. The van der Waals surface area contributed by atoms with E-state index in [2.05, 4.69) is 18.6 Å². The molecule has 0 N–H and O–H groups in total. The van der Waals surface area contributed by atoms with Crippen LogP contribution in [0.1, 0.15) is 43.0 Å². The third kappa shape index (κ3) is 1.44. The molecule has 96 valence electrons. The van der Waals surface area contributed by atoms with E-state index in [1.54, 1.807) is 12.1 Å². The van der Waals surface area contributed by atoms with E-state index in [4.69, 9.17) is 0 Å². The summed E-state index contributed by atoms with van der Waals surface area (Å²) in [6, 6.07) is 3.57. The average Bonchev–Trinajstić information content (AvgIpc) is 2.67.